The summed E-state index contributed by atoms with van der Waals surface area (Å²) in [5.41, 5.74) is 3.33. The minimum Gasteiger partial charge on any atom is -0.378 e. The molecule has 1 aliphatic heterocycles. The van der Waals surface area contributed by atoms with Gasteiger partial charge in [-0.15, -0.1) is 0 Å². The normalized spacial score (nSPS) is 26.1. The SMILES string of the molecule is Fc1ccc2c(c1)C1C=CCC1C(c1ccc(Cl)cc1)N2. The first-order valence-electron chi connectivity index (χ1n) is 7.20. The predicted octanol–water partition coefficient (Wildman–Crippen LogP) is 5.31. The zero-order valence-corrected chi connectivity index (χ0v) is 12.1. The zero-order chi connectivity index (χ0) is 14.4. The Hall–Kier alpha value is -1.80. The van der Waals surface area contributed by atoms with Gasteiger partial charge in [0.05, 0.1) is 6.04 Å². The molecule has 1 aliphatic carbocycles. The maximum atomic E-state index is 13.5. The van der Waals surface area contributed by atoms with Crippen molar-refractivity contribution in [3.63, 3.8) is 0 Å². The largest absolute Gasteiger partial charge is 0.378 e. The van der Waals surface area contributed by atoms with Crippen molar-refractivity contribution >= 4 is 17.3 Å². The first-order chi connectivity index (χ1) is 10.2. The Morgan fingerprint density at radius 2 is 1.90 bits per heavy atom. The van der Waals surface area contributed by atoms with E-state index in [1.807, 2.05) is 18.2 Å². The fourth-order valence-corrected chi connectivity index (χ4v) is 3.69. The smallest absolute Gasteiger partial charge is 0.123 e. The maximum Gasteiger partial charge on any atom is 0.123 e. The molecule has 0 fully saturated rings. The summed E-state index contributed by atoms with van der Waals surface area (Å²) < 4.78 is 13.5. The third kappa shape index (κ3) is 2.14. The third-order valence-electron chi connectivity index (χ3n) is 4.55. The Kier molecular flexibility index (Phi) is 3.00. The second-order valence-corrected chi connectivity index (χ2v) is 6.20. The van der Waals surface area contributed by atoms with E-state index < -0.39 is 0 Å². The topological polar surface area (TPSA) is 12.0 Å². The van der Waals surface area contributed by atoms with Crippen molar-refractivity contribution in [1.82, 2.24) is 0 Å². The molecule has 0 bridgehead atoms. The van der Waals surface area contributed by atoms with Crippen LogP contribution in [0.3, 0.4) is 0 Å². The number of halogens is 2. The summed E-state index contributed by atoms with van der Waals surface area (Å²) >= 11 is 5.99. The van der Waals surface area contributed by atoms with E-state index in [9.17, 15) is 4.39 Å². The molecule has 2 aromatic rings. The molecule has 3 unspecified atom stereocenters. The van der Waals surface area contributed by atoms with E-state index in [0.29, 0.717) is 5.92 Å². The van der Waals surface area contributed by atoms with Crippen LogP contribution < -0.4 is 5.32 Å². The fraction of sp³-hybridized carbons (Fsp3) is 0.222. The molecule has 1 heterocycles. The molecule has 2 aliphatic rings. The predicted molar refractivity (Wildman–Crippen MR) is 84.2 cm³/mol. The minimum atomic E-state index is -0.167. The van der Waals surface area contributed by atoms with Gasteiger partial charge in [0, 0.05) is 16.6 Å². The van der Waals surface area contributed by atoms with Gasteiger partial charge < -0.3 is 5.32 Å². The number of nitrogens with one attached hydrogen (secondary N) is 1. The zero-order valence-electron chi connectivity index (χ0n) is 11.4. The Morgan fingerprint density at radius 1 is 1.10 bits per heavy atom. The Morgan fingerprint density at radius 3 is 2.71 bits per heavy atom. The summed E-state index contributed by atoms with van der Waals surface area (Å²) in [5.74, 6) is 0.553. The highest BCUT2D eigenvalue weighted by Gasteiger charge is 2.37. The van der Waals surface area contributed by atoms with E-state index in [1.54, 1.807) is 6.07 Å². The van der Waals surface area contributed by atoms with Gasteiger partial charge in [0.15, 0.2) is 0 Å². The molecule has 0 saturated heterocycles. The van der Waals surface area contributed by atoms with Crippen LogP contribution in [0.1, 0.15) is 29.5 Å². The molecule has 1 N–H and O–H groups in total. The van der Waals surface area contributed by atoms with Crippen molar-refractivity contribution in [1.29, 1.82) is 0 Å². The van der Waals surface area contributed by atoms with Crippen LogP contribution in [0.2, 0.25) is 5.02 Å². The highest BCUT2D eigenvalue weighted by molar-refractivity contribution is 6.30. The number of anilines is 1. The fourth-order valence-electron chi connectivity index (χ4n) is 3.57. The second kappa shape index (κ2) is 4.88. The maximum absolute atomic E-state index is 13.5. The Labute approximate surface area is 128 Å². The number of fused-ring (bicyclic) bond motifs is 3. The molecule has 106 valence electrons. The molecule has 3 atom stereocenters. The summed E-state index contributed by atoms with van der Waals surface area (Å²) in [6.07, 6.45) is 5.44. The van der Waals surface area contributed by atoms with Gasteiger partial charge in [-0.25, -0.2) is 4.39 Å². The van der Waals surface area contributed by atoms with Gasteiger partial charge >= 0.3 is 0 Å². The molecule has 0 amide bonds. The summed E-state index contributed by atoms with van der Waals surface area (Å²) in [7, 11) is 0. The second-order valence-electron chi connectivity index (χ2n) is 5.76. The lowest BCUT2D eigenvalue weighted by atomic mass is 9.77. The van der Waals surface area contributed by atoms with Gasteiger partial charge in [-0.2, -0.15) is 0 Å². The van der Waals surface area contributed by atoms with Gasteiger partial charge in [-0.1, -0.05) is 35.9 Å². The highest BCUT2D eigenvalue weighted by Crippen LogP contribution is 2.49. The van der Waals surface area contributed by atoms with Crippen LogP contribution in [0, 0.1) is 11.7 Å². The van der Waals surface area contributed by atoms with Gasteiger partial charge in [0.1, 0.15) is 5.82 Å². The summed E-state index contributed by atoms with van der Waals surface area (Å²) in [5, 5.41) is 4.33. The lowest BCUT2D eigenvalue weighted by Gasteiger charge is -2.37. The summed E-state index contributed by atoms with van der Waals surface area (Å²) in [4.78, 5) is 0. The van der Waals surface area contributed by atoms with E-state index in [0.717, 1.165) is 22.7 Å². The van der Waals surface area contributed by atoms with Crippen molar-refractivity contribution in [2.24, 2.45) is 5.92 Å². The number of allylic oxidation sites excluding steroid dienone is 2. The van der Waals surface area contributed by atoms with Crippen molar-refractivity contribution in [2.75, 3.05) is 5.32 Å². The quantitative estimate of drug-likeness (QED) is 0.704. The molecule has 1 nitrogen and oxygen atoms in total. The van der Waals surface area contributed by atoms with E-state index in [1.165, 1.54) is 11.6 Å². The minimum absolute atomic E-state index is 0.167. The first-order valence-corrected chi connectivity index (χ1v) is 7.58. The number of hydrogen-bond donors (Lipinski definition) is 1. The summed E-state index contributed by atoms with van der Waals surface area (Å²) in [6.45, 7) is 0. The van der Waals surface area contributed by atoms with Crippen LogP contribution in [0.5, 0.6) is 0 Å². The average molecular weight is 300 g/mol. The van der Waals surface area contributed by atoms with Crippen molar-refractivity contribution in [3.05, 3.63) is 76.6 Å². The monoisotopic (exact) mass is 299 g/mol. The van der Waals surface area contributed by atoms with Crippen LogP contribution >= 0.6 is 11.6 Å². The van der Waals surface area contributed by atoms with E-state index in [-0.39, 0.29) is 17.8 Å². The molecular formula is C18H15ClFN. The van der Waals surface area contributed by atoms with Crippen LogP contribution in [-0.4, -0.2) is 0 Å². The van der Waals surface area contributed by atoms with Crippen molar-refractivity contribution in [2.45, 2.75) is 18.4 Å². The van der Waals surface area contributed by atoms with Crippen LogP contribution in [0.4, 0.5) is 10.1 Å². The van der Waals surface area contributed by atoms with Gasteiger partial charge in [0.2, 0.25) is 0 Å². The molecule has 0 spiro atoms. The van der Waals surface area contributed by atoms with Crippen LogP contribution in [0.15, 0.2) is 54.6 Å². The van der Waals surface area contributed by atoms with Crippen molar-refractivity contribution < 1.29 is 4.39 Å². The molecule has 0 aromatic heterocycles. The molecule has 0 saturated carbocycles. The van der Waals surface area contributed by atoms with Crippen LogP contribution in [0.25, 0.3) is 0 Å². The standard InChI is InChI=1S/C18H15ClFN/c19-12-6-4-11(5-7-12)18-15-3-1-2-14(15)16-10-13(20)8-9-17(16)21-18/h1-2,4-10,14-15,18,21H,3H2. The van der Waals surface area contributed by atoms with E-state index in [2.05, 4.69) is 29.6 Å². The number of benzene rings is 2. The lowest BCUT2D eigenvalue weighted by molar-refractivity contribution is 0.424. The summed E-state index contributed by atoms with van der Waals surface area (Å²) in [6, 6.07) is 13.3. The molecule has 0 radical (unpaired) electrons. The van der Waals surface area contributed by atoms with E-state index >= 15 is 0 Å². The molecule has 2 aromatic carbocycles. The van der Waals surface area contributed by atoms with Gasteiger partial charge in [0.25, 0.3) is 0 Å². The third-order valence-corrected chi connectivity index (χ3v) is 4.81. The molecular weight excluding hydrogens is 285 g/mol. The highest BCUT2D eigenvalue weighted by atomic mass is 35.5. The molecule has 3 heteroatoms. The number of rotatable bonds is 1. The lowest BCUT2D eigenvalue weighted by Crippen LogP contribution is -2.29. The Bertz CT molecular complexity index is 708. The van der Waals surface area contributed by atoms with Crippen LogP contribution in [-0.2, 0) is 0 Å². The van der Waals surface area contributed by atoms with Gasteiger partial charge in [-0.3, -0.25) is 0 Å². The Balaban J connectivity index is 1.78. The number of hydrogen-bond acceptors (Lipinski definition) is 1. The first kappa shape index (κ1) is 12.9. The van der Waals surface area contributed by atoms with Crippen molar-refractivity contribution in [3.8, 4) is 0 Å². The average Bonchev–Trinajstić information content (AvgIpc) is 2.97. The molecule has 21 heavy (non-hydrogen) atoms. The van der Waals surface area contributed by atoms with E-state index in [4.69, 9.17) is 11.6 Å². The van der Waals surface area contributed by atoms with Gasteiger partial charge in [-0.05, 0) is 53.8 Å². The molecule has 4 rings (SSSR count).